The average Bonchev–Trinajstić information content (AvgIpc) is 2.87. The second kappa shape index (κ2) is 5.46. The van der Waals surface area contributed by atoms with Gasteiger partial charge in [0.05, 0.1) is 0 Å². The van der Waals surface area contributed by atoms with E-state index in [1.165, 1.54) is 0 Å². The molecule has 6 heteroatoms. The lowest BCUT2D eigenvalue weighted by Gasteiger charge is -2.35. The number of nitrogens with zero attached hydrogens (tertiary/aromatic N) is 3. The summed E-state index contributed by atoms with van der Waals surface area (Å²) in [4.78, 5) is 6.84. The number of aromatic amines is 1. The zero-order valence-corrected chi connectivity index (χ0v) is 12.5. The highest BCUT2D eigenvalue weighted by molar-refractivity contribution is 5.31. The summed E-state index contributed by atoms with van der Waals surface area (Å²) >= 11 is 0. The van der Waals surface area contributed by atoms with Crippen LogP contribution in [0.15, 0.2) is 0 Å². The summed E-state index contributed by atoms with van der Waals surface area (Å²) in [6, 6.07) is 0.899. The van der Waals surface area contributed by atoms with Gasteiger partial charge >= 0.3 is 0 Å². The van der Waals surface area contributed by atoms with Crippen LogP contribution in [-0.2, 0) is 10.3 Å². The molecule has 3 unspecified atom stereocenters. The Kier molecular flexibility index (Phi) is 4.10. The molecule has 2 heterocycles. The van der Waals surface area contributed by atoms with Crippen molar-refractivity contribution in [2.24, 2.45) is 0 Å². The minimum absolute atomic E-state index is 0.392. The summed E-state index contributed by atoms with van der Waals surface area (Å²) in [6.45, 7) is 10.3. The molecule has 0 saturated carbocycles. The van der Waals surface area contributed by atoms with Crippen molar-refractivity contribution in [1.82, 2.24) is 20.5 Å². The first-order chi connectivity index (χ1) is 8.98. The number of anilines is 1. The van der Waals surface area contributed by atoms with Crippen molar-refractivity contribution >= 4 is 5.95 Å². The van der Waals surface area contributed by atoms with Crippen LogP contribution >= 0.6 is 0 Å². The van der Waals surface area contributed by atoms with Crippen molar-refractivity contribution in [3.8, 4) is 0 Å². The maximum atomic E-state index is 5.55. The molecule has 19 heavy (non-hydrogen) atoms. The molecule has 1 fully saturated rings. The van der Waals surface area contributed by atoms with Crippen LogP contribution in [-0.4, -0.2) is 47.5 Å². The number of ether oxygens (including phenoxy) is 1. The summed E-state index contributed by atoms with van der Waals surface area (Å²) in [5.41, 5.74) is -0.392. The fourth-order valence-corrected chi connectivity index (χ4v) is 2.53. The Morgan fingerprint density at radius 3 is 2.53 bits per heavy atom. The van der Waals surface area contributed by atoms with Gasteiger partial charge in [0, 0.05) is 32.3 Å². The summed E-state index contributed by atoms with van der Waals surface area (Å²) < 4.78 is 5.55. The number of H-pyrrole nitrogens is 1. The Labute approximate surface area is 114 Å². The molecule has 1 aromatic heterocycles. The van der Waals surface area contributed by atoms with Gasteiger partial charge < -0.3 is 15.0 Å². The van der Waals surface area contributed by atoms with Gasteiger partial charge in [-0.3, -0.25) is 5.10 Å². The monoisotopic (exact) mass is 267 g/mol. The fraction of sp³-hybridized carbons (Fsp3) is 0.846. The van der Waals surface area contributed by atoms with Gasteiger partial charge in [-0.15, -0.1) is 5.10 Å². The van der Waals surface area contributed by atoms with Crippen molar-refractivity contribution in [3.63, 3.8) is 0 Å². The van der Waals surface area contributed by atoms with Crippen molar-refractivity contribution < 1.29 is 4.74 Å². The number of nitrogens with one attached hydrogen (secondary N) is 2. The normalized spacial score (nSPS) is 27.3. The molecule has 0 aliphatic carbocycles. The SMILES string of the molecule is CCC(C)(OC)c1nc(N2CC(C)NC(C)C2)n[nH]1. The number of hydrogen-bond acceptors (Lipinski definition) is 5. The molecule has 0 radical (unpaired) electrons. The van der Waals surface area contributed by atoms with E-state index in [-0.39, 0.29) is 0 Å². The van der Waals surface area contributed by atoms with E-state index in [1.807, 2.05) is 6.92 Å². The van der Waals surface area contributed by atoms with Crippen LogP contribution in [0, 0.1) is 0 Å². The minimum Gasteiger partial charge on any atom is -0.371 e. The molecular weight excluding hydrogens is 242 g/mol. The van der Waals surface area contributed by atoms with E-state index in [2.05, 4.69) is 46.2 Å². The predicted molar refractivity (Wildman–Crippen MR) is 75.3 cm³/mol. The van der Waals surface area contributed by atoms with Crippen LogP contribution in [0.3, 0.4) is 0 Å². The molecule has 0 spiro atoms. The molecule has 2 N–H and O–H groups in total. The quantitative estimate of drug-likeness (QED) is 0.860. The van der Waals surface area contributed by atoms with Crippen molar-refractivity contribution in [2.75, 3.05) is 25.1 Å². The summed E-state index contributed by atoms with van der Waals surface area (Å²) in [5, 5.41) is 10.9. The third-order valence-corrected chi connectivity index (χ3v) is 3.94. The lowest BCUT2D eigenvalue weighted by molar-refractivity contribution is -0.00865. The molecule has 0 bridgehead atoms. The lowest BCUT2D eigenvalue weighted by Crippen LogP contribution is -2.54. The summed E-state index contributed by atoms with van der Waals surface area (Å²) in [6.07, 6.45) is 0.854. The van der Waals surface area contributed by atoms with Gasteiger partial charge in [0.15, 0.2) is 5.82 Å². The number of hydrogen-bond donors (Lipinski definition) is 2. The zero-order chi connectivity index (χ0) is 14.0. The number of aromatic nitrogens is 3. The fourth-order valence-electron chi connectivity index (χ4n) is 2.53. The van der Waals surface area contributed by atoms with Gasteiger partial charge in [0.2, 0.25) is 5.95 Å². The Balaban J connectivity index is 2.16. The first-order valence-electron chi connectivity index (χ1n) is 6.97. The van der Waals surface area contributed by atoms with Crippen LogP contribution in [0.1, 0.15) is 39.9 Å². The highest BCUT2D eigenvalue weighted by Crippen LogP contribution is 2.26. The molecule has 1 saturated heterocycles. The van der Waals surface area contributed by atoms with E-state index >= 15 is 0 Å². The highest BCUT2D eigenvalue weighted by atomic mass is 16.5. The van der Waals surface area contributed by atoms with E-state index in [9.17, 15) is 0 Å². The molecule has 2 rings (SSSR count). The van der Waals surface area contributed by atoms with Gasteiger partial charge in [-0.1, -0.05) is 6.92 Å². The Morgan fingerprint density at radius 1 is 1.37 bits per heavy atom. The second-order valence-corrected chi connectivity index (χ2v) is 5.65. The standard InChI is InChI=1S/C13H25N5O/c1-6-13(4,19-5)11-15-12(17-16-11)18-7-9(2)14-10(3)8-18/h9-10,14H,6-8H2,1-5H3,(H,15,16,17). The van der Waals surface area contributed by atoms with Crippen molar-refractivity contribution in [3.05, 3.63) is 5.82 Å². The van der Waals surface area contributed by atoms with Crippen LogP contribution in [0.5, 0.6) is 0 Å². The minimum atomic E-state index is -0.392. The molecule has 6 nitrogen and oxygen atoms in total. The van der Waals surface area contributed by atoms with Crippen LogP contribution in [0.4, 0.5) is 5.95 Å². The Hall–Kier alpha value is -1.14. The van der Waals surface area contributed by atoms with E-state index in [0.717, 1.165) is 31.3 Å². The molecule has 108 valence electrons. The molecule has 1 aliphatic rings. The Bertz CT molecular complexity index is 405. The van der Waals surface area contributed by atoms with Gasteiger partial charge in [0.25, 0.3) is 0 Å². The highest BCUT2D eigenvalue weighted by Gasteiger charge is 2.30. The van der Waals surface area contributed by atoms with E-state index in [1.54, 1.807) is 7.11 Å². The van der Waals surface area contributed by atoms with Crippen LogP contribution in [0.25, 0.3) is 0 Å². The number of methoxy groups -OCH3 is 1. The molecule has 1 aromatic rings. The first kappa shape index (κ1) is 14.3. The predicted octanol–water partition coefficient (Wildman–Crippen LogP) is 1.26. The molecule has 0 aromatic carbocycles. The molecule has 1 aliphatic heterocycles. The maximum Gasteiger partial charge on any atom is 0.244 e. The average molecular weight is 267 g/mol. The Morgan fingerprint density at radius 2 is 2.00 bits per heavy atom. The third-order valence-electron chi connectivity index (χ3n) is 3.94. The smallest absolute Gasteiger partial charge is 0.244 e. The molecular formula is C13H25N5O. The first-order valence-corrected chi connectivity index (χ1v) is 6.97. The van der Waals surface area contributed by atoms with E-state index < -0.39 is 5.60 Å². The summed E-state index contributed by atoms with van der Waals surface area (Å²) in [5.74, 6) is 1.57. The van der Waals surface area contributed by atoms with Gasteiger partial charge in [-0.05, 0) is 27.2 Å². The molecule has 0 amide bonds. The summed E-state index contributed by atoms with van der Waals surface area (Å²) in [7, 11) is 1.71. The van der Waals surface area contributed by atoms with Crippen LogP contribution < -0.4 is 10.2 Å². The van der Waals surface area contributed by atoms with E-state index in [0.29, 0.717) is 12.1 Å². The second-order valence-electron chi connectivity index (χ2n) is 5.65. The molecule has 3 atom stereocenters. The van der Waals surface area contributed by atoms with Crippen molar-refractivity contribution in [2.45, 2.75) is 51.8 Å². The largest absolute Gasteiger partial charge is 0.371 e. The van der Waals surface area contributed by atoms with Crippen molar-refractivity contribution in [1.29, 1.82) is 0 Å². The topological polar surface area (TPSA) is 66.1 Å². The number of piperazine rings is 1. The van der Waals surface area contributed by atoms with Gasteiger partial charge in [-0.2, -0.15) is 4.98 Å². The van der Waals surface area contributed by atoms with Crippen LogP contribution in [0.2, 0.25) is 0 Å². The lowest BCUT2D eigenvalue weighted by atomic mass is 10.0. The number of rotatable bonds is 4. The maximum absolute atomic E-state index is 5.55. The van der Waals surface area contributed by atoms with Gasteiger partial charge in [0.1, 0.15) is 5.60 Å². The van der Waals surface area contributed by atoms with Gasteiger partial charge in [-0.25, -0.2) is 0 Å². The third kappa shape index (κ3) is 2.90. The van der Waals surface area contributed by atoms with E-state index in [4.69, 9.17) is 4.74 Å². The zero-order valence-electron chi connectivity index (χ0n) is 12.5.